The molecule has 0 aliphatic heterocycles. The molecule has 2 rings (SSSR count). The monoisotopic (exact) mass is 283 g/mol. The van der Waals surface area contributed by atoms with Gasteiger partial charge in [0, 0.05) is 10.0 Å². The predicted octanol–water partition coefficient (Wildman–Crippen LogP) is 3.34. The first-order valence-corrected chi connectivity index (χ1v) is 6.27. The molecule has 1 aromatic heterocycles. The van der Waals surface area contributed by atoms with E-state index in [1.807, 2.05) is 6.92 Å². The zero-order valence-corrected chi connectivity index (χ0v) is 11.2. The van der Waals surface area contributed by atoms with Gasteiger partial charge in [-0.05, 0) is 24.6 Å². The highest BCUT2D eigenvalue weighted by atomic mass is 35.5. The molecule has 0 saturated carbocycles. The minimum absolute atomic E-state index is 0.355. The van der Waals surface area contributed by atoms with E-state index in [0.717, 1.165) is 12.1 Å². The number of rotatable bonds is 4. The summed E-state index contributed by atoms with van der Waals surface area (Å²) < 4.78 is 1.60. The van der Waals surface area contributed by atoms with E-state index >= 15 is 0 Å². The summed E-state index contributed by atoms with van der Waals surface area (Å²) in [4.78, 5) is 10.9. The summed E-state index contributed by atoms with van der Waals surface area (Å²) in [6, 6.07) is 5.11. The zero-order chi connectivity index (χ0) is 13.1. The van der Waals surface area contributed by atoms with Crippen LogP contribution in [0.25, 0.3) is 5.69 Å². The van der Waals surface area contributed by atoms with Gasteiger partial charge in [0.25, 0.3) is 0 Å². The first-order chi connectivity index (χ1) is 8.65. The second-order valence-corrected chi connectivity index (χ2v) is 4.70. The number of aromatic nitrogens is 3. The van der Waals surface area contributed by atoms with Crippen LogP contribution in [0.3, 0.4) is 0 Å². The Kier molecular flexibility index (Phi) is 3.99. The minimum atomic E-state index is 0.355. The molecule has 0 atom stereocenters. The first-order valence-electron chi connectivity index (χ1n) is 5.52. The largest absolute Gasteiger partial charge is 0.296 e. The highest BCUT2D eigenvalue weighted by Crippen LogP contribution is 2.23. The fraction of sp³-hybridized carbons (Fsp3) is 0.250. The standard InChI is InChI=1S/C12H11Cl2N3O/c1-2-3-12-11(7-18)15-16-17(12)10-5-8(13)4-9(14)6-10/h4-7H,2-3H2,1H3. The van der Waals surface area contributed by atoms with Crippen LogP contribution in [0.5, 0.6) is 0 Å². The predicted molar refractivity (Wildman–Crippen MR) is 70.8 cm³/mol. The topological polar surface area (TPSA) is 47.8 Å². The molecular weight excluding hydrogens is 273 g/mol. The molecule has 0 amide bonds. The summed E-state index contributed by atoms with van der Waals surface area (Å²) in [7, 11) is 0. The summed E-state index contributed by atoms with van der Waals surface area (Å²) in [5.74, 6) is 0. The van der Waals surface area contributed by atoms with Gasteiger partial charge < -0.3 is 0 Å². The summed E-state index contributed by atoms with van der Waals surface area (Å²) in [5.41, 5.74) is 1.83. The summed E-state index contributed by atoms with van der Waals surface area (Å²) in [6.45, 7) is 2.02. The molecule has 94 valence electrons. The molecule has 0 saturated heterocycles. The fourth-order valence-electron chi connectivity index (χ4n) is 1.74. The van der Waals surface area contributed by atoms with E-state index < -0.39 is 0 Å². The van der Waals surface area contributed by atoms with Crippen LogP contribution in [0.15, 0.2) is 18.2 Å². The molecule has 2 aromatic rings. The molecule has 1 heterocycles. The molecule has 0 bridgehead atoms. The highest BCUT2D eigenvalue weighted by Gasteiger charge is 2.13. The van der Waals surface area contributed by atoms with Gasteiger partial charge in [0.2, 0.25) is 0 Å². The molecule has 1 aromatic carbocycles. The first kappa shape index (κ1) is 13.1. The third-order valence-corrected chi connectivity index (χ3v) is 2.92. The second-order valence-electron chi connectivity index (χ2n) is 3.83. The Balaban J connectivity index is 2.55. The number of nitrogens with zero attached hydrogens (tertiary/aromatic N) is 3. The van der Waals surface area contributed by atoms with Gasteiger partial charge >= 0.3 is 0 Å². The number of aldehydes is 1. The van der Waals surface area contributed by atoms with Crippen LogP contribution in [0.2, 0.25) is 10.0 Å². The van der Waals surface area contributed by atoms with Gasteiger partial charge in [0.15, 0.2) is 6.29 Å². The summed E-state index contributed by atoms with van der Waals surface area (Å²) in [6.07, 6.45) is 2.31. The van der Waals surface area contributed by atoms with Crippen molar-refractivity contribution in [2.75, 3.05) is 0 Å². The van der Waals surface area contributed by atoms with Crippen molar-refractivity contribution in [3.8, 4) is 5.69 Å². The van der Waals surface area contributed by atoms with E-state index in [0.29, 0.717) is 34.1 Å². The molecule has 0 spiro atoms. The molecule has 6 heteroatoms. The molecule has 0 unspecified atom stereocenters. The zero-order valence-electron chi connectivity index (χ0n) is 9.73. The van der Waals surface area contributed by atoms with E-state index in [9.17, 15) is 4.79 Å². The Morgan fingerprint density at radius 3 is 2.50 bits per heavy atom. The quantitative estimate of drug-likeness (QED) is 0.809. The van der Waals surface area contributed by atoms with Crippen LogP contribution in [-0.2, 0) is 6.42 Å². The van der Waals surface area contributed by atoms with Crippen LogP contribution >= 0.6 is 23.2 Å². The second kappa shape index (κ2) is 5.50. The van der Waals surface area contributed by atoms with Crippen molar-refractivity contribution in [1.82, 2.24) is 15.0 Å². The highest BCUT2D eigenvalue weighted by molar-refractivity contribution is 6.34. The third kappa shape index (κ3) is 2.54. The van der Waals surface area contributed by atoms with Gasteiger partial charge in [-0.2, -0.15) is 0 Å². The lowest BCUT2D eigenvalue weighted by molar-refractivity contribution is 0.111. The molecular formula is C12H11Cl2N3O. The number of hydrogen-bond donors (Lipinski definition) is 0. The van der Waals surface area contributed by atoms with Gasteiger partial charge in [0.1, 0.15) is 5.69 Å². The molecule has 0 N–H and O–H groups in total. The smallest absolute Gasteiger partial charge is 0.172 e. The van der Waals surface area contributed by atoms with Gasteiger partial charge in [-0.25, -0.2) is 4.68 Å². The van der Waals surface area contributed by atoms with Crippen molar-refractivity contribution in [3.63, 3.8) is 0 Å². The summed E-state index contributed by atoms with van der Waals surface area (Å²) in [5, 5.41) is 8.86. The number of halogens is 2. The average Bonchev–Trinajstić information content (AvgIpc) is 2.71. The third-order valence-electron chi connectivity index (χ3n) is 2.48. The molecule has 0 fully saturated rings. The lowest BCUT2D eigenvalue weighted by Gasteiger charge is -2.06. The molecule has 18 heavy (non-hydrogen) atoms. The van der Waals surface area contributed by atoms with Crippen LogP contribution in [0.4, 0.5) is 0 Å². The van der Waals surface area contributed by atoms with Crippen molar-refractivity contribution >= 4 is 29.5 Å². The van der Waals surface area contributed by atoms with Crippen LogP contribution in [0, 0.1) is 0 Å². The molecule has 4 nitrogen and oxygen atoms in total. The lowest BCUT2D eigenvalue weighted by Crippen LogP contribution is -2.03. The Morgan fingerprint density at radius 1 is 1.28 bits per heavy atom. The van der Waals surface area contributed by atoms with Crippen molar-refractivity contribution in [3.05, 3.63) is 39.6 Å². The normalized spacial score (nSPS) is 10.6. The number of carbonyl (C=O) groups excluding carboxylic acids is 1. The van der Waals surface area contributed by atoms with E-state index in [4.69, 9.17) is 23.2 Å². The van der Waals surface area contributed by atoms with Gasteiger partial charge in [-0.3, -0.25) is 4.79 Å². The molecule has 0 aliphatic carbocycles. The maximum atomic E-state index is 10.9. The van der Waals surface area contributed by atoms with E-state index in [2.05, 4.69) is 10.3 Å². The van der Waals surface area contributed by atoms with E-state index in [1.54, 1.807) is 22.9 Å². The number of benzene rings is 1. The van der Waals surface area contributed by atoms with Gasteiger partial charge in [0.05, 0.1) is 11.4 Å². The lowest BCUT2D eigenvalue weighted by atomic mass is 10.2. The Bertz CT molecular complexity index is 560. The number of carbonyl (C=O) groups is 1. The van der Waals surface area contributed by atoms with Crippen molar-refractivity contribution < 1.29 is 4.79 Å². The Hall–Kier alpha value is -1.39. The van der Waals surface area contributed by atoms with Crippen LogP contribution < -0.4 is 0 Å². The van der Waals surface area contributed by atoms with Gasteiger partial charge in [-0.1, -0.05) is 41.8 Å². The van der Waals surface area contributed by atoms with Crippen LogP contribution in [0.1, 0.15) is 29.5 Å². The average molecular weight is 284 g/mol. The van der Waals surface area contributed by atoms with Crippen molar-refractivity contribution in [2.45, 2.75) is 19.8 Å². The van der Waals surface area contributed by atoms with Crippen molar-refractivity contribution in [1.29, 1.82) is 0 Å². The Labute approximate surface area is 115 Å². The fourth-order valence-corrected chi connectivity index (χ4v) is 2.26. The minimum Gasteiger partial charge on any atom is -0.296 e. The SMILES string of the molecule is CCCc1c(C=O)nnn1-c1cc(Cl)cc(Cl)c1. The summed E-state index contributed by atoms with van der Waals surface area (Å²) >= 11 is 11.9. The van der Waals surface area contributed by atoms with Crippen LogP contribution in [-0.4, -0.2) is 21.3 Å². The number of hydrogen-bond acceptors (Lipinski definition) is 3. The van der Waals surface area contributed by atoms with Crippen molar-refractivity contribution in [2.24, 2.45) is 0 Å². The van der Waals surface area contributed by atoms with E-state index in [1.165, 1.54) is 0 Å². The Morgan fingerprint density at radius 2 is 1.94 bits per heavy atom. The van der Waals surface area contributed by atoms with Gasteiger partial charge in [-0.15, -0.1) is 5.10 Å². The molecule has 0 aliphatic rings. The maximum absolute atomic E-state index is 10.9. The maximum Gasteiger partial charge on any atom is 0.172 e. The van der Waals surface area contributed by atoms with E-state index in [-0.39, 0.29) is 0 Å². The molecule has 0 radical (unpaired) electrons.